The van der Waals surface area contributed by atoms with Crippen LogP contribution in [0.25, 0.3) is 22.0 Å². The van der Waals surface area contributed by atoms with Gasteiger partial charge in [-0.2, -0.15) is 4.31 Å². The highest BCUT2D eigenvalue weighted by Crippen LogP contribution is 2.31. The van der Waals surface area contributed by atoms with Crippen LogP contribution < -0.4 is 21.9 Å². The lowest BCUT2D eigenvalue weighted by Gasteiger charge is -2.28. The van der Waals surface area contributed by atoms with Gasteiger partial charge in [0.25, 0.3) is 5.56 Å². The molecule has 0 spiro atoms. The maximum atomic E-state index is 13.8. The zero-order valence-corrected chi connectivity index (χ0v) is 28.6. The van der Waals surface area contributed by atoms with Crippen molar-refractivity contribution in [3.63, 3.8) is 0 Å². The molecule has 1 aliphatic heterocycles. The van der Waals surface area contributed by atoms with Gasteiger partial charge in [-0.15, -0.1) is 12.4 Å². The van der Waals surface area contributed by atoms with Crippen molar-refractivity contribution in [1.29, 1.82) is 0 Å². The van der Waals surface area contributed by atoms with Crippen molar-refractivity contribution in [2.24, 2.45) is 17.6 Å². The Labute approximate surface area is 286 Å². The van der Waals surface area contributed by atoms with Crippen LogP contribution in [0.3, 0.4) is 0 Å². The fraction of sp³-hybridized carbons (Fsp3) is 0.400. The highest BCUT2D eigenvalue weighted by atomic mass is 35.5. The Bertz CT molecular complexity index is 1940. The van der Waals surface area contributed by atoms with Crippen LogP contribution in [0.2, 0.25) is 0 Å². The van der Waals surface area contributed by atoms with Gasteiger partial charge in [0.15, 0.2) is 0 Å². The first-order valence-corrected chi connectivity index (χ1v) is 17.8. The molecular formula is C35H43ClN6O5S. The molecule has 0 unspecified atom stereocenters. The summed E-state index contributed by atoms with van der Waals surface area (Å²) < 4.78 is 28.2. The first-order valence-electron chi connectivity index (χ1n) is 16.3. The van der Waals surface area contributed by atoms with E-state index in [9.17, 15) is 22.8 Å². The standard InChI is InChI=1S/C35H42N6O5S.ClH/c1-22-7-13-28(47(45,46)41-15-2-3-16-41)20-30(22)26-6-4-5-24(17-26)18-32(38-33(42)25-10-8-23(21-36)9-11-25)35(44)37-27-12-14-29-31(19-27)39-40-34(29)43;/h4-7,12-14,17,19-20,23,25,32H,2-3,8-11,15-16,18,21,36H2,1H3,(H,37,44)(H,38,42)(H2,39,40,43);1H/t23?,25?,32-;/m0./s1. The van der Waals surface area contributed by atoms with Gasteiger partial charge in [0.1, 0.15) is 6.04 Å². The van der Waals surface area contributed by atoms with Gasteiger partial charge >= 0.3 is 0 Å². The third-order valence-corrected chi connectivity index (χ3v) is 11.5. The summed E-state index contributed by atoms with van der Waals surface area (Å²) in [5, 5.41) is 11.8. The summed E-state index contributed by atoms with van der Waals surface area (Å²) in [5.74, 6) is -0.309. The van der Waals surface area contributed by atoms with Crippen LogP contribution in [0.5, 0.6) is 0 Å². The van der Waals surface area contributed by atoms with Crippen molar-refractivity contribution in [3.8, 4) is 11.1 Å². The summed E-state index contributed by atoms with van der Waals surface area (Å²) in [4.78, 5) is 39.5. The fourth-order valence-corrected chi connectivity index (χ4v) is 8.30. The number of hydrogen-bond acceptors (Lipinski definition) is 6. The SMILES string of the molecule is Cc1ccc(S(=O)(=O)N2CCCC2)cc1-c1cccc(C[C@H](NC(=O)C2CCC(CN)CC2)C(=O)Nc2ccc3c(=O)[nH][nH]c3c2)c1.Cl. The first-order chi connectivity index (χ1) is 22.6. The molecule has 0 bridgehead atoms. The van der Waals surface area contributed by atoms with E-state index < -0.39 is 16.1 Å². The molecule has 11 nitrogen and oxygen atoms in total. The number of sulfonamides is 1. The van der Waals surface area contributed by atoms with E-state index in [1.807, 2.05) is 37.3 Å². The zero-order valence-electron chi connectivity index (χ0n) is 27.0. The number of aryl methyl sites for hydroxylation is 1. The predicted octanol–water partition coefficient (Wildman–Crippen LogP) is 4.47. The van der Waals surface area contributed by atoms with Gasteiger partial charge in [0, 0.05) is 31.1 Å². The predicted molar refractivity (Wildman–Crippen MR) is 190 cm³/mol. The number of nitrogens with zero attached hydrogens (tertiary/aromatic N) is 1. The number of carbonyl (C=O) groups is 2. The summed E-state index contributed by atoms with van der Waals surface area (Å²) in [6.45, 7) is 3.61. The Morgan fingerprint density at radius 2 is 1.73 bits per heavy atom. The van der Waals surface area contributed by atoms with E-state index in [1.54, 1.807) is 30.3 Å². The Balaban J connectivity index is 0.00000451. The van der Waals surface area contributed by atoms with Crippen LogP contribution in [0.1, 0.15) is 49.7 Å². The topological polar surface area (TPSA) is 170 Å². The largest absolute Gasteiger partial charge is 0.344 e. The molecule has 1 saturated heterocycles. The van der Waals surface area contributed by atoms with Crippen LogP contribution >= 0.6 is 12.4 Å². The minimum atomic E-state index is -3.59. The van der Waals surface area contributed by atoms with Crippen molar-refractivity contribution >= 4 is 50.8 Å². The number of amides is 2. The molecule has 2 fully saturated rings. The van der Waals surface area contributed by atoms with E-state index in [2.05, 4.69) is 20.8 Å². The quantitative estimate of drug-likeness (QED) is 0.164. The number of rotatable bonds is 10. The van der Waals surface area contributed by atoms with E-state index in [4.69, 9.17) is 5.73 Å². The van der Waals surface area contributed by atoms with Gasteiger partial charge in [-0.05, 0) is 110 Å². The molecule has 48 heavy (non-hydrogen) atoms. The molecule has 1 saturated carbocycles. The van der Waals surface area contributed by atoms with Crippen molar-refractivity contribution in [2.75, 3.05) is 25.0 Å². The van der Waals surface area contributed by atoms with Crippen molar-refractivity contribution in [3.05, 3.63) is 82.1 Å². The number of halogens is 1. The lowest BCUT2D eigenvalue weighted by Crippen LogP contribution is -2.48. The van der Waals surface area contributed by atoms with Crippen LogP contribution in [0, 0.1) is 18.8 Å². The van der Waals surface area contributed by atoms with E-state index in [1.165, 1.54) is 4.31 Å². The molecule has 1 atom stereocenters. The second-order valence-electron chi connectivity index (χ2n) is 12.8. The number of fused-ring (bicyclic) bond motifs is 1. The average Bonchev–Trinajstić information content (AvgIpc) is 3.76. The van der Waals surface area contributed by atoms with E-state index in [0.29, 0.717) is 42.1 Å². The minimum Gasteiger partial charge on any atom is -0.344 e. The van der Waals surface area contributed by atoms with Gasteiger partial charge < -0.3 is 16.4 Å². The normalized spacial score (nSPS) is 19.0. The van der Waals surface area contributed by atoms with Crippen molar-refractivity contribution in [2.45, 2.75) is 62.8 Å². The van der Waals surface area contributed by atoms with Crippen LogP contribution in [-0.2, 0) is 26.0 Å². The lowest BCUT2D eigenvalue weighted by molar-refractivity contribution is -0.130. The third-order valence-electron chi connectivity index (χ3n) is 9.62. The number of anilines is 1. The number of aromatic amines is 2. The zero-order chi connectivity index (χ0) is 33.1. The fourth-order valence-electron chi connectivity index (χ4n) is 6.76. The van der Waals surface area contributed by atoms with E-state index in [0.717, 1.165) is 60.8 Å². The number of hydrogen-bond donors (Lipinski definition) is 5. The molecule has 6 rings (SSSR count). The molecular weight excluding hydrogens is 652 g/mol. The number of nitrogens with one attached hydrogen (secondary N) is 4. The monoisotopic (exact) mass is 694 g/mol. The highest BCUT2D eigenvalue weighted by Gasteiger charge is 2.30. The Hall–Kier alpha value is -3.97. The lowest BCUT2D eigenvalue weighted by atomic mass is 9.81. The third kappa shape index (κ3) is 7.67. The molecule has 1 aliphatic carbocycles. The summed E-state index contributed by atoms with van der Waals surface area (Å²) in [5.41, 5.74) is 10.0. The first kappa shape index (κ1) is 35.3. The van der Waals surface area contributed by atoms with Crippen LogP contribution in [0.15, 0.2) is 70.4 Å². The Morgan fingerprint density at radius 1 is 0.979 bits per heavy atom. The second kappa shape index (κ2) is 15.1. The highest BCUT2D eigenvalue weighted by molar-refractivity contribution is 7.89. The number of aromatic nitrogens is 2. The van der Waals surface area contributed by atoms with Crippen LogP contribution in [-0.4, -0.2) is 60.4 Å². The van der Waals surface area contributed by atoms with Gasteiger partial charge in [0.05, 0.1) is 15.8 Å². The minimum absolute atomic E-state index is 0. The van der Waals surface area contributed by atoms with Gasteiger partial charge in [-0.3, -0.25) is 24.6 Å². The van der Waals surface area contributed by atoms with Crippen molar-refractivity contribution in [1.82, 2.24) is 19.8 Å². The number of nitrogens with two attached hydrogens (primary N) is 1. The number of benzene rings is 3. The number of carbonyl (C=O) groups excluding carboxylic acids is 2. The smallest absolute Gasteiger partial charge is 0.271 e. The maximum absolute atomic E-state index is 13.8. The average molecular weight is 695 g/mol. The molecule has 2 aliphatic rings. The molecule has 3 aromatic carbocycles. The van der Waals surface area contributed by atoms with E-state index in [-0.39, 0.29) is 47.0 Å². The maximum Gasteiger partial charge on any atom is 0.271 e. The molecule has 256 valence electrons. The van der Waals surface area contributed by atoms with Gasteiger partial charge in [-0.25, -0.2) is 8.42 Å². The van der Waals surface area contributed by atoms with Gasteiger partial charge in [0.2, 0.25) is 21.8 Å². The van der Waals surface area contributed by atoms with Crippen LogP contribution in [0.4, 0.5) is 5.69 Å². The van der Waals surface area contributed by atoms with Gasteiger partial charge in [-0.1, -0.05) is 30.3 Å². The van der Waals surface area contributed by atoms with E-state index >= 15 is 0 Å². The summed E-state index contributed by atoms with van der Waals surface area (Å²) in [6.07, 6.45) is 5.16. The Kier molecular flexibility index (Phi) is 11.1. The molecule has 4 aromatic rings. The summed E-state index contributed by atoms with van der Waals surface area (Å²) in [7, 11) is -3.59. The summed E-state index contributed by atoms with van der Waals surface area (Å²) in [6, 6.07) is 17.0. The molecule has 0 radical (unpaired) electrons. The summed E-state index contributed by atoms with van der Waals surface area (Å²) >= 11 is 0. The molecule has 6 N–H and O–H groups in total. The number of H-pyrrole nitrogens is 2. The molecule has 2 amide bonds. The molecule has 2 heterocycles. The Morgan fingerprint density at radius 3 is 2.46 bits per heavy atom. The van der Waals surface area contributed by atoms with Crippen molar-refractivity contribution < 1.29 is 18.0 Å². The second-order valence-corrected chi connectivity index (χ2v) is 14.8. The molecule has 1 aromatic heterocycles. The molecule has 13 heteroatoms.